The van der Waals surface area contributed by atoms with Gasteiger partial charge in [-0.2, -0.15) is 0 Å². The van der Waals surface area contributed by atoms with Crippen molar-refractivity contribution in [3.8, 4) is 0 Å². The molecule has 2 N–H and O–H groups in total. The van der Waals surface area contributed by atoms with Crippen molar-refractivity contribution >= 4 is 21.7 Å². The summed E-state index contributed by atoms with van der Waals surface area (Å²) >= 11 is 0. The predicted molar refractivity (Wildman–Crippen MR) is 121 cm³/mol. The van der Waals surface area contributed by atoms with Crippen LogP contribution in [0.5, 0.6) is 0 Å². The van der Waals surface area contributed by atoms with Crippen LogP contribution in [0.15, 0.2) is 17.1 Å². The molecule has 1 aliphatic heterocycles. The van der Waals surface area contributed by atoms with Gasteiger partial charge in [0.05, 0.1) is 29.0 Å². The SMILES string of the molecule is CCC/C=C/CCCCCCCCC(=O)C1=NCC[N+]1(CCO)CC(O)CS(=O)(=O)[O-].[Na+]. The average Bonchev–Trinajstić information content (AvgIpc) is 3.07. The first-order valence-electron chi connectivity index (χ1n) is 11.6. The number of carbonyl (C=O) groups excluding carboxylic acids is 1. The molecule has 1 aliphatic rings. The van der Waals surface area contributed by atoms with Gasteiger partial charge in [-0.3, -0.25) is 9.28 Å². The summed E-state index contributed by atoms with van der Waals surface area (Å²) in [6.07, 6.45) is 13.2. The van der Waals surface area contributed by atoms with Gasteiger partial charge < -0.3 is 14.8 Å². The van der Waals surface area contributed by atoms with E-state index in [9.17, 15) is 28.0 Å². The molecule has 0 bridgehead atoms. The van der Waals surface area contributed by atoms with Gasteiger partial charge in [0, 0.05) is 6.42 Å². The van der Waals surface area contributed by atoms with Crippen LogP contribution in [0.3, 0.4) is 0 Å². The van der Waals surface area contributed by atoms with Gasteiger partial charge in [-0.1, -0.05) is 51.2 Å². The van der Waals surface area contributed by atoms with Crippen LogP contribution >= 0.6 is 0 Å². The zero-order valence-electron chi connectivity index (χ0n) is 19.9. The van der Waals surface area contributed by atoms with Gasteiger partial charge in [0.15, 0.2) is 0 Å². The van der Waals surface area contributed by atoms with E-state index in [-0.39, 0.29) is 65.4 Å². The van der Waals surface area contributed by atoms with Gasteiger partial charge in [-0.05, 0) is 25.7 Å². The Morgan fingerprint density at radius 2 is 1.78 bits per heavy atom. The third-order valence-electron chi connectivity index (χ3n) is 5.62. The number of unbranched alkanes of at least 4 members (excludes halogenated alkanes) is 7. The van der Waals surface area contributed by atoms with Crippen LogP contribution < -0.4 is 29.6 Å². The zero-order valence-corrected chi connectivity index (χ0v) is 22.7. The Morgan fingerprint density at radius 3 is 2.41 bits per heavy atom. The predicted octanol–water partition coefficient (Wildman–Crippen LogP) is -0.836. The Bertz CT molecular complexity index is 699. The second kappa shape index (κ2) is 17.3. The van der Waals surface area contributed by atoms with Crippen molar-refractivity contribution in [1.82, 2.24) is 0 Å². The van der Waals surface area contributed by atoms with Gasteiger partial charge in [0.25, 0.3) is 5.84 Å². The van der Waals surface area contributed by atoms with E-state index >= 15 is 0 Å². The number of aliphatic imine (C=N–C) groups is 1. The fourth-order valence-corrected chi connectivity index (χ4v) is 4.67. The Balaban J connectivity index is 0.00000961. The van der Waals surface area contributed by atoms with Gasteiger partial charge >= 0.3 is 29.6 Å². The Morgan fingerprint density at radius 1 is 1.16 bits per heavy atom. The van der Waals surface area contributed by atoms with Gasteiger partial charge in [-0.25, -0.2) is 13.4 Å². The summed E-state index contributed by atoms with van der Waals surface area (Å²) in [4.78, 5) is 17.1. The largest absolute Gasteiger partial charge is 1.00 e. The molecule has 0 saturated heterocycles. The van der Waals surface area contributed by atoms with Crippen molar-refractivity contribution in [3.05, 3.63) is 12.2 Å². The minimum absolute atomic E-state index is 0. The minimum atomic E-state index is -4.58. The standard InChI is InChI=1S/C22H40N2O6S.Na/c1-2-3-4-5-6-7-8-9-10-11-12-13-21(27)22-23-14-15-24(22,16-17-25)18-20(26)19-31(28,29)30;/h4-5,20,25-26H,2-3,6-19H2,1H3;/q;+1/b5-4+;. The number of allylic oxidation sites excluding steroid dienone is 2. The molecule has 0 aliphatic carbocycles. The minimum Gasteiger partial charge on any atom is -0.748 e. The van der Waals surface area contributed by atoms with Crippen LogP contribution in [0.2, 0.25) is 0 Å². The first-order chi connectivity index (χ1) is 14.7. The third-order valence-corrected chi connectivity index (χ3v) is 6.41. The molecular formula is C22H40N2NaO6S+. The second-order valence-electron chi connectivity index (χ2n) is 8.43. The van der Waals surface area contributed by atoms with Crippen LogP contribution in [-0.4, -0.2) is 83.9 Å². The summed E-state index contributed by atoms with van der Waals surface area (Å²) in [5.41, 5.74) is 0. The van der Waals surface area contributed by atoms with Crippen molar-refractivity contribution in [1.29, 1.82) is 0 Å². The molecule has 2 unspecified atom stereocenters. The molecule has 0 fully saturated rings. The summed E-state index contributed by atoms with van der Waals surface area (Å²) in [7, 11) is -4.58. The topological polar surface area (TPSA) is 127 Å². The first kappa shape index (κ1) is 31.9. The van der Waals surface area contributed by atoms with E-state index in [1.807, 2.05) is 0 Å². The first-order valence-corrected chi connectivity index (χ1v) is 13.1. The fourth-order valence-electron chi connectivity index (χ4n) is 4.09. The van der Waals surface area contributed by atoms with Crippen LogP contribution in [0.1, 0.15) is 71.1 Å². The smallest absolute Gasteiger partial charge is 0.748 e. The van der Waals surface area contributed by atoms with Gasteiger partial charge in [-0.15, -0.1) is 0 Å². The number of nitrogens with zero attached hydrogens (tertiary/aromatic N) is 2. The molecule has 1 heterocycles. The monoisotopic (exact) mass is 483 g/mol. The number of hydrogen-bond acceptors (Lipinski definition) is 7. The summed E-state index contributed by atoms with van der Waals surface area (Å²) in [5, 5.41) is 19.5. The molecule has 0 aromatic rings. The van der Waals surface area contributed by atoms with Gasteiger partial charge in [0.2, 0.25) is 5.78 Å². The Hall–Kier alpha value is -0.130. The van der Waals surface area contributed by atoms with Crippen molar-refractivity contribution in [2.75, 3.05) is 38.5 Å². The number of rotatable bonds is 18. The number of Topliss-reactive ketones (excluding diaryl/α,β-unsaturated/α-hetero) is 1. The maximum atomic E-state index is 12.8. The fraction of sp³-hybridized carbons (Fsp3) is 0.818. The molecule has 0 radical (unpaired) electrons. The zero-order chi connectivity index (χ0) is 23.2. The number of hydrogen-bond donors (Lipinski definition) is 2. The average molecular weight is 484 g/mol. The van der Waals surface area contributed by atoms with E-state index in [4.69, 9.17) is 0 Å². The molecule has 2 atom stereocenters. The van der Waals surface area contributed by atoms with E-state index in [0.717, 1.165) is 38.5 Å². The molecule has 1 rings (SSSR count). The van der Waals surface area contributed by atoms with Crippen molar-refractivity contribution in [3.63, 3.8) is 0 Å². The number of aliphatic hydroxyl groups excluding tert-OH is 2. The molecule has 0 saturated carbocycles. The number of quaternary nitrogens is 1. The number of amidine groups is 1. The maximum Gasteiger partial charge on any atom is 1.00 e. The van der Waals surface area contributed by atoms with E-state index in [1.54, 1.807) is 0 Å². The Kier molecular flexibility index (Phi) is 17.3. The van der Waals surface area contributed by atoms with Gasteiger partial charge in [0.1, 0.15) is 25.7 Å². The number of ketones is 1. The van der Waals surface area contributed by atoms with Crippen molar-refractivity contribution in [2.45, 2.75) is 77.2 Å². The number of aliphatic hydroxyl groups is 2. The van der Waals surface area contributed by atoms with Crippen LogP contribution in [0, 0.1) is 0 Å². The second-order valence-corrected chi connectivity index (χ2v) is 9.87. The molecule has 180 valence electrons. The van der Waals surface area contributed by atoms with Crippen molar-refractivity contribution < 1.29 is 62.0 Å². The van der Waals surface area contributed by atoms with Crippen LogP contribution in [0.25, 0.3) is 0 Å². The van der Waals surface area contributed by atoms with Crippen LogP contribution in [-0.2, 0) is 14.9 Å². The summed E-state index contributed by atoms with van der Waals surface area (Å²) in [6, 6.07) is 0. The van der Waals surface area contributed by atoms with Crippen molar-refractivity contribution in [2.24, 2.45) is 4.99 Å². The maximum absolute atomic E-state index is 12.8. The molecule has 0 aromatic carbocycles. The number of carbonyl (C=O) groups is 1. The Labute approximate surface area is 215 Å². The normalized spacial score (nSPS) is 19.7. The van der Waals surface area contributed by atoms with E-state index < -0.39 is 22.0 Å². The molecule has 32 heavy (non-hydrogen) atoms. The third kappa shape index (κ3) is 12.9. The quantitative estimate of drug-likeness (QED) is 0.0861. The summed E-state index contributed by atoms with van der Waals surface area (Å²) < 4.78 is 32.8. The molecule has 8 nitrogen and oxygen atoms in total. The molecule has 0 amide bonds. The molecule has 10 heteroatoms. The summed E-state index contributed by atoms with van der Waals surface area (Å²) in [6.45, 7) is 2.78. The molecule has 0 spiro atoms. The summed E-state index contributed by atoms with van der Waals surface area (Å²) in [5.74, 6) is -0.742. The molecular weight excluding hydrogens is 443 g/mol. The molecule has 0 aromatic heterocycles. The van der Waals surface area contributed by atoms with E-state index in [0.29, 0.717) is 19.5 Å². The van der Waals surface area contributed by atoms with E-state index in [2.05, 4.69) is 24.1 Å². The van der Waals surface area contributed by atoms with E-state index in [1.165, 1.54) is 19.3 Å². The van der Waals surface area contributed by atoms with Crippen LogP contribution in [0.4, 0.5) is 0 Å².